The van der Waals surface area contributed by atoms with Crippen molar-refractivity contribution in [3.63, 3.8) is 0 Å². The molecule has 0 unspecified atom stereocenters. The number of rotatable bonds is 3. The molecule has 0 radical (unpaired) electrons. The summed E-state index contributed by atoms with van der Waals surface area (Å²) in [6, 6.07) is 24.0. The molecule has 3 nitrogen and oxygen atoms in total. The molecule has 1 aromatic heterocycles. The van der Waals surface area contributed by atoms with Crippen molar-refractivity contribution < 1.29 is 4.57 Å². The first-order valence-electron chi connectivity index (χ1n) is 10.3. The second-order valence-electron chi connectivity index (χ2n) is 8.31. The Labute approximate surface area is 172 Å². The molecule has 4 aromatic rings. The quantitative estimate of drug-likeness (QED) is 0.374. The zero-order valence-electron chi connectivity index (χ0n) is 17.5. The number of para-hydroxylation sites is 1. The van der Waals surface area contributed by atoms with Crippen LogP contribution in [0.4, 0.5) is 0 Å². The summed E-state index contributed by atoms with van der Waals surface area (Å²) in [4.78, 5) is 0. The van der Waals surface area contributed by atoms with Gasteiger partial charge in [-0.15, -0.1) is 4.68 Å². The van der Waals surface area contributed by atoms with Crippen LogP contribution in [-0.2, 0) is 6.54 Å². The molecule has 0 spiro atoms. The van der Waals surface area contributed by atoms with Gasteiger partial charge in [-0.2, -0.15) is 4.57 Å². The fraction of sp³-hybridized carbons (Fsp3) is 0.231. The Bertz CT molecular complexity index is 1200. The van der Waals surface area contributed by atoms with E-state index in [9.17, 15) is 0 Å². The van der Waals surface area contributed by atoms with Gasteiger partial charge in [0.1, 0.15) is 12.2 Å². The van der Waals surface area contributed by atoms with Gasteiger partial charge in [0.25, 0.3) is 11.6 Å². The average molecular weight is 381 g/mol. The van der Waals surface area contributed by atoms with Crippen molar-refractivity contribution >= 4 is 0 Å². The van der Waals surface area contributed by atoms with E-state index in [1.54, 1.807) is 0 Å². The van der Waals surface area contributed by atoms with Gasteiger partial charge in [0.15, 0.2) is 0 Å². The normalized spacial score (nSPS) is 12.3. The zero-order chi connectivity index (χ0) is 20.1. The third-order valence-corrected chi connectivity index (χ3v) is 5.87. The van der Waals surface area contributed by atoms with Crippen LogP contribution in [-0.4, -0.2) is 9.78 Å². The van der Waals surface area contributed by atoms with Gasteiger partial charge in [-0.3, -0.25) is 0 Å². The molecule has 0 saturated carbocycles. The largest absolute Gasteiger partial charge is 0.285 e. The molecule has 3 heteroatoms. The van der Waals surface area contributed by atoms with Crippen LogP contribution in [0.25, 0.3) is 28.2 Å². The Kier molecular flexibility index (Phi) is 4.13. The maximum atomic E-state index is 5.05. The summed E-state index contributed by atoms with van der Waals surface area (Å²) in [6.07, 6.45) is 0. The van der Waals surface area contributed by atoms with Crippen molar-refractivity contribution in [3.8, 4) is 28.2 Å². The van der Waals surface area contributed by atoms with E-state index in [1.807, 2.05) is 0 Å². The van der Waals surface area contributed by atoms with E-state index in [2.05, 4.69) is 104 Å². The Balaban J connectivity index is 1.78. The predicted molar refractivity (Wildman–Crippen MR) is 117 cm³/mol. The van der Waals surface area contributed by atoms with Gasteiger partial charge < -0.3 is 0 Å². The van der Waals surface area contributed by atoms with Gasteiger partial charge in [-0.1, -0.05) is 74.5 Å². The first-order valence-corrected chi connectivity index (χ1v) is 10.3. The third kappa shape index (κ3) is 2.80. The van der Waals surface area contributed by atoms with E-state index in [4.69, 9.17) is 5.10 Å². The molecule has 0 atom stereocenters. The van der Waals surface area contributed by atoms with Gasteiger partial charge >= 0.3 is 0 Å². The van der Waals surface area contributed by atoms with Crippen LogP contribution in [0, 0.1) is 13.8 Å². The summed E-state index contributed by atoms with van der Waals surface area (Å²) in [5.41, 5.74) is 8.93. The minimum atomic E-state index is 0.341. The average Bonchev–Trinajstić information content (AvgIpc) is 3.25. The minimum Gasteiger partial charge on any atom is -0.193 e. The summed E-state index contributed by atoms with van der Waals surface area (Å²) in [5, 5.41) is 5.05. The molecule has 144 valence electrons. The lowest BCUT2D eigenvalue weighted by atomic mass is 9.99. The molecule has 0 aliphatic carbocycles. The standard InChI is InChI=1S/C26H26N3/c1-17(2)25-27-28-16-22-14-13-21(20-11-6-5-7-12-20)15-23(22)26(28)29(25)24-18(3)9-8-10-19(24)4/h5-15,17H,16H2,1-4H3/q+1. The number of hydrogen-bond donors (Lipinski definition) is 0. The van der Waals surface area contributed by atoms with Crippen molar-refractivity contribution in [2.45, 2.75) is 40.2 Å². The second-order valence-corrected chi connectivity index (χ2v) is 8.31. The highest BCUT2D eigenvalue weighted by molar-refractivity contribution is 5.73. The number of nitrogens with zero attached hydrogens (tertiary/aromatic N) is 3. The molecule has 5 rings (SSSR count). The van der Waals surface area contributed by atoms with E-state index in [0.29, 0.717) is 5.92 Å². The van der Waals surface area contributed by atoms with Crippen LogP contribution in [0.2, 0.25) is 0 Å². The molecule has 1 aliphatic rings. The smallest absolute Gasteiger partial charge is 0.193 e. The first-order chi connectivity index (χ1) is 14.0. The summed E-state index contributed by atoms with van der Waals surface area (Å²) in [5.74, 6) is 2.65. The zero-order valence-corrected chi connectivity index (χ0v) is 17.5. The monoisotopic (exact) mass is 380 g/mol. The van der Waals surface area contributed by atoms with Crippen molar-refractivity contribution in [2.75, 3.05) is 0 Å². The SMILES string of the molecule is Cc1cccc(C)c1-[n+]1c(C(C)C)nn2c1-c1cc(-c3ccccc3)ccc1C2. The van der Waals surface area contributed by atoms with E-state index >= 15 is 0 Å². The molecule has 3 aromatic carbocycles. The predicted octanol–water partition coefficient (Wildman–Crippen LogP) is 5.60. The molecule has 0 fully saturated rings. The van der Waals surface area contributed by atoms with Gasteiger partial charge in [0.05, 0.1) is 5.56 Å². The highest BCUT2D eigenvalue weighted by Gasteiger charge is 2.37. The molecule has 1 aliphatic heterocycles. The van der Waals surface area contributed by atoms with Crippen molar-refractivity contribution in [1.29, 1.82) is 0 Å². The second kappa shape index (κ2) is 6.70. The van der Waals surface area contributed by atoms with Crippen LogP contribution in [0.3, 0.4) is 0 Å². The topological polar surface area (TPSA) is 21.7 Å². The maximum absolute atomic E-state index is 5.05. The molecular formula is C26H26N3+. The molecule has 0 bridgehead atoms. The van der Waals surface area contributed by atoms with Crippen LogP contribution < -0.4 is 4.57 Å². The van der Waals surface area contributed by atoms with E-state index in [1.165, 1.54) is 44.9 Å². The first kappa shape index (κ1) is 17.9. The van der Waals surface area contributed by atoms with Gasteiger partial charge in [0.2, 0.25) is 0 Å². The number of aromatic nitrogens is 3. The van der Waals surface area contributed by atoms with E-state index in [0.717, 1.165) is 12.4 Å². The van der Waals surface area contributed by atoms with Crippen molar-refractivity contribution in [3.05, 3.63) is 89.2 Å². The molecule has 0 amide bonds. The fourth-order valence-electron chi connectivity index (χ4n) is 4.46. The highest BCUT2D eigenvalue weighted by atomic mass is 15.4. The van der Waals surface area contributed by atoms with Crippen molar-refractivity contribution in [1.82, 2.24) is 9.78 Å². The number of benzene rings is 3. The fourth-order valence-corrected chi connectivity index (χ4v) is 4.46. The van der Waals surface area contributed by atoms with Crippen LogP contribution in [0.5, 0.6) is 0 Å². The molecular weight excluding hydrogens is 354 g/mol. The number of fused-ring (bicyclic) bond motifs is 3. The lowest BCUT2D eigenvalue weighted by molar-refractivity contribution is -0.595. The third-order valence-electron chi connectivity index (χ3n) is 5.87. The summed E-state index contributed by atoms with van der Waals surface area (Å²) < 4.78 is 4.58. The van der Waals surface area contributed by atoms with Crippen LogP contribution >= 0.6 is 0 Å². The van der Waals surface area contributed by atoms with Gasteiger partial charge in [-0.25, -0.2) is 0 Å². The molecule has 0 saturated heterocycles. The summed E-state index contributed by atoms with van der Waals surface area (Å²) in [7, 11) is 0. The molecule has 2 heterocycles. The van der Waals surface area contributed by atoms with Crippen molar-refractivity contribution in [2.24, 2.45) is 0 Å². The van der Waals surface area contributed by atoms with Gasteiger partial charge in [0, 0.05) is 16.6 Å². The number of aryl methyl sites for hydroxylation is 2. The lowest BCUT2D eigenvalue weighted by Gasteiger charge is -2.12. The van der Waals surface area contributed by atoms with Crippen LogP contribution in [0.15, 0.2) is 66.7 Å². The number of hydrogen-bond acceptors (Lipinski definition) is 1. The summed E-state index contributed by atoms with van der Waals surface area (Å²) >= 11 is 0. The molecule has 0 N–H and O–H groups in total. The maximum Gasteiger partial charge on any atom is 0.285 e. The molecule has 29 heavy (non-hydrogen) atoms. The van der Waals surface area contributed by atoms with Gasteiger partial charge in [-0.05, 0) is 42.2 Å². The lowest BCUT2D eigenvalue weighted by Crippen LogP contribution is -2.38. The Morgan fingerprint density at radius 3 is 2.28 bits per heavy atom. The Morgan fingerprint density at radius 1 is 0.862 bits per heavy atom. The summed E-state index contributed by atoms with van der Waals surface area (Å²) in [6.45, 7) is 9.67. The Hall–Kier alpha value is -3.20. The Morgan fingerprint density at radius 2 is 1.59 bits per heavy atom. The highest BCUT2D eigenvalue weighted by Crippen LogP contribution is 2.35. The van der Waals surface area contributed by atoms with Crippen LogP contribution in [0.1, 0.15) is 42.3 Å². The van der Waals surface area contributed by atoms with E-state index < -0.39 is 0 Å². The van der Waals surface area contributed by atoms with E-state index in [-0.39, 0.29) is 0 Å². The minimum absolute atomic E-state index is 0.341.